The minimum absolute atomic E-state index is 0.0128. The van der Waals surface area contributed by atoms with Gasteiger partial charge in [0.2, 0.25) is 11.8 Å². The Bertz CT molecular complexity index is 3620. The standard InChI is InChI=1S/C72H91N7O15SSi/c1-13-30-91-68(84)75-62(44(3)4)64(81)73-45(5)63(80)74-49-22-18-46(19-23-49)42-93-70(86)79-56-38-61(59(88-10)36-54(56)66(83)78-43-72(28-29-72)39-57(78)67(79)94-96(11,12)71(6,7)8)90-33-17-15-16-32-89-60-37-55-53(35-58(60)87-9)65(82)76-40-48(34-50(76)41-77(55)69(85)92-31-14-2)47-20-24-51(25-21-47)95-52-26-27-52/h13-14,18-25,35-38,40,44-45,50,52,57,62,67H,1-2,15-17,26-34,39,41-43H2,3-12H3,(H,73,81)(H,74,80)(H,75,84)/t45-,50-,57-,62-,67?/m0/s1. The van der Waals surface area contributed by atoms with Gasteiger partial charge in [0.05, 0.1) is 68.6 Å². The number of alkyl carbamates (subject to hydrolysis) is 1. The van der Waals surface area contributed by atoms with Gasteiger partial charge in [-0.15, -0.1) is 11.8 Å². The highest BCUT2D eigenvalue weighted by Crippen LogP contribution is 2.58. The third-order valence-corrected chi connectivity index (χ3v) is 24.7. The van der Waals surface area contributed by atoms with Crippen LogP contribution in [0.2, 0.25) is 18.1 Å². The number of rotatable bonds is 27. The first kappa shape index (κ1) is 70.3. The Morgan fingerprint density at radius 3 is 1.97 bits per heavy atom. The zero-order chi connectivity index (χ0) is 68.8. The van der Waals surface area contributed by atoms with E-state index in [1.807, 2.05) is 22.9 Å². The van der Waals surface area contributed by atoms with Gasteiger partial charge in [-0.05, 0) is 147 Å². The minimum Gasteiger partial charge on any atom is -0.493 e. The lowest BCUT2D eigenvalue weighted by atomic mass is 10.0. The quantitative estimate of drug-likeness (QED) is 0.0217. The molecule has 4 aromatic carbocycles. The van der Waals surface area contributed by atoms with Crippen molar-refractivity contribution in [2.45, 2.75) is 165 Å². The van der Waals surface area contributed by atoms with Gasteiger partial charge in [-0.2, -0.15) is 0 Å². The molecule has 4 aromatic rings. The second-order valence-electron chi connectivity index (χ2n) is 27.4. The summed E-state index contributed by atoms with van der Waals surface area (Å²) in [7, 11) is 0.312. The van der Waals surface area contributed by atoms with Gasteiger partial charge in [-0.3, -0.25) is 24.1 Å². The van der Waals surface area contributed by atoms with E-state index in [0.717, 1.165) is 24.0 Å². The highest BCUT2D eigenvalue weighted by Gasteiger charge is 2.60. The molecule has 4 heterocycles. The van der Waals surface area contributed by atoms with Gasteiger partial charge >= 0.3 is 18.3 Å². The van der Waals surface area contributed by atoms with E-state index in [-0.39, 0.29) is 90.6 Å². The lowest BCUT2D eigenvalue weighted by Gasteiger charge is -2.44. The number of hydrogen-bond acceptors (Lipinski definition) is 16. The number of unbranched alkanes of at least 4 members (excludes halogenated alkanes) is 2. The van der Waals surface area contributed by atoms with Crippen molar-refractivity contribution in [3.63, 3.8) is 0 Å². The van der Waals surface area contributed by atoms with E-state index >= 15 is 9.59 Å². The first-order chi connectivity index (χ1) is 45.8. The van der Waals surface area contributed by atoms with Gasteiger partial charge in [0.1, 0.15) is 31.9 Å². The highest BCUT2D eigenvalue weighted by molar-refractivity contribution is 8.00. The molecule has 0 aromatic heterocycles. The van der Waals surface area contributed by atoms with E-state index in [2.05, 4.69) is 87.2 Å². The summed E-state index contributed by atoms with van der Waals surface area (Å²) in [5.41, 5.74) is 4.09. The van der Waals surface area contributed by atoms with E-state index in [9.17, 15) is 24.0 Å². The predicted molar refractivity (Wildman–Crippen MR) is 369 cm³/mol. The van der Waals surface area contributed by atoms with Crippen LogP contribution in [0.15, 0.2) is 109 Å². The SMILES string of the molecule is C=CCOC(=O)N[C@H](C(=O)N[C@@H](C)C(=O)Nc1ccc(COC(=O)N2c3cc(OCCCCCOc4cc5c(cc4OC)C(=O)N4C=C(c6ccc(SC7CC7)cc6)C[C@H]4CN5C(=O)OCC=C)c(OC)cc3C(=O)N3CC4(CC4)C[C@H]3C2O[Si](C)(C)C(C)(C)C)cc1)C(C)C. The number of carbonyl (C=O) groups excluding carboxylic acids is 7. The second-order valence-corrected chi connectivity index (χ2v) is 33.5. The average molecular weight is 1350 g/mol. The molecule has 3 fully saturated rings. The number of thioether (sulfide) groups is 1. The summed E-state index contributed by atoms with van der Waals surface area (Å²) in [5, 5.41) is 8.41. The van der Waals surface area contributed by atoms with Crippen molar-refractivity contribution in [2.24, 2.45) is 11.3 Å². The van der Waals surface area contributed by atoms with Gasteiger partial charge in [0, 0.05) is 40.7 Å². The van der Waals surface area contributed by atoms with Crippen LogP contribution in [-0.4, -0.2) is 149 Å². The number of fused-ring (bicyclic) bond motifs is 4. The highest BCUT2D eigenvalue weighted by atomic mass is 32.2. The molecule has 96 heavy (non-hydrogen) atoms. The molecule has 2 aliphatic carbocycles. The lowest BCUT2D eigenvalue weighted by Crippen LogP contribution is -2.58. The normalized spacial score (nSPS) is 19.1. The molecule has 24 heteroatoms. The molecule has 2 saturated carbocycles. The predicted octanol–water partition coefficient (Wildman–Crippen LogP) is 12.9. The maximum atomic E-state index is 15.2. The van der Waals surface area contributed by atoms with Crippen LogP contribution in [-0.2, 0) is 34.8 Å². The number of hydrogen-bond donors (Lipinski definition) is 3. The van der Waals surface area contributed by atoms with Gasteiger partial charge in [0.25, 0.3) is 11.8 Å². The van der Waals surface area contributed by atoms with E-state index in [0.29, 0.717) is 83.8 Å². The molecule has 0 bridgehead atoms. The number of nitrogens with zero attached hydrogens (tertiary/aromatic N) is 4. The van der Waals surface area contributed by atoms with Crippen LogP contribution in [0, 0.1) is 11.3 Å². The summed E-state index contributed by atoms with van der Waals surface area (Å²) in [4.78, 5) is 105. The summed E-state index contributed by atoms with van der Waals surface area (Å²) >= 11 is 1.89. The van der Waals surface area contributed by atoms with Gasteiger partial charge in [0.15, 0.2) is 37.5 Å². The molecule has 4 aliphatic heterocycles. The molecule has 6 aliphatic rings. The van der Waals surface area contributed by atoms with Crippen molar-refractivity contribution in [1.29, 1.82) is 0 Å². The number of amides is 7. The third kappa shape index (κ3) is 16.1. The molecule has 1 saturated heterocycles. The fourth-order valence-electron chi connectivity index (χ4n) is 12.1. The van der Waals surface area contributed by atoms with Crippen molar-refractivity contribution in [3.05, 3.63) is 127 Å². The second kappa shape index (κ2) is 29.9. The molecule has 0 radical (unpaired) electrons. The Hall–Kier alpha value is -8.48. The Balaban J connectivity index is 0.820. The molecule has 3 N–H and O–H groups in total. The molecular weight excluding hydrogens is 1260 g/mol. The minimum atomic E-state index is -2.70. The lowest BCUT2D eigenvalue weighted by molar-refractivity contribution is -0.128. The first-order valence-corrected chi connectivity index (χ1v) is 36.9. The fraction of sp³-hybridized carbons (Fsp3) is 0.486. The number of nitrogens with one attached hydrogen (secondary N) is 3. The maximum Gasteiger partial charge on any atom is 0.416 e. The summed E-state index contributed by atoms with van der Waals surface area (Å²) in [6, 6.07) is 19.0. The zero-order valence-corrected chi connectivity index (χ0v) is 58.6. The van der Waals surface area contributed by atoms with Crippen molar-refractivity contribution in [1.82, 2.24) is 20.4 Å². The van der Waals surface area contributed by atoms with Crippen LogP contribution in [0.5, 0.6) is 23.0 Å². The maximum absolute atomic E-state index is 15.2. The Labute approximate surface area is 567 Å². The molecule has 1 unspecified atom stereocenters. The van der Waals surface area contributed by atoms with Crippen molar-refractivity contribution < 1.29 is 71.1 Å². The summed E-state index contributed by atoms with van der Waals surface area (Å²) in [6.45, 7) is 23.9. The topological polar surface area (TPSA) is 242 Å². The van der Waals surface area contributed by atoms with Crippen molar-refractivity contribution in [3.8, 4) is 23.0 Å². The smallest absolute Gasteiger partial charge is 0.416 e. The van der Waals surface area contributed by atoms with E-state index in [1.165, 1.54) is 60.8 Å². The van der Waals surface area contributed by atoms with Crippen LogP contribution >= 0.6 is 11.8 Å². The largest absolute Gasteiger partial charge is 0.493 e. The molecule has 10 rings (SSSR count). The van der Waals surface area contributed by atoms with Crippen LogP contribution in [0.25, 0.3) is 5.57 Å². The number of benzene rings is 4. The average Bonchev–Trinajstić information content (AvgIpc) is 1.57. The monoisotopic (exact) mass is 1350 g/mol. The molecule has 7 amide bonds. The molecule has 5 atom stereocenters. The third-order valence-electron chi connectivity index (χ3n) is 18.9. The molecule has 514 valence electrons. The summed E-state index contributed by atoms with van der Waals surface area (Å²) < 4.78 is 48.8. The van der Waals surface area contributed by atoms with Crippen molar-refractivity contribution in [2.75, 3.05) is 68.9 Å². The van der Waals surface area contributed by atoms with E-state index in [1.54, 1.807) is 67.3 Å². The van der Waals surface area contributed by atoms with Crippen LogP contribution in [0.1, 0.15) is 131 Å². The fourth-order valence-corrected chi connectivity index (χ4v) is 14.4. The number of carbonyl (C=O) groups is 7. The number of ether oxygens (including phenoxy) is 7. The Kier molecular flexibility index (Phi) is 21.9. The van der Waals surface area contributed by atoms with Gasteiger partial charge in [-0.25, -0.2) is 19.3 Å². The van der Waals surface area contributed by atoms with Gasteiger partial charge in [-0.1, -0.05) is 84.2 Å². The summed E-state index contributed by atoms with van der Waals surface area (Å²) in [5.74, 6) is -0.601. The number of methoxy groups -OCH3 is 2. The van der Waals surface area contributed by atoms with Crippen LogP contribution in [0.3, 0.4) is 0 Å². The molecule has 1 spiro atoms. The Morgan fingerprint density at radius 2 is 1.38 bits per heavy atom. The van der Waals surface area contributed by atoms with E-state index < -0.39 is 62.8 Å². The molecular formula is C72H91N7O15SSi. The first-order valence-electron chi connectivity index (χ1n) is 33.1. The van der Waals surface area contributed by atoms with Crippen molar-refractivity contribution >= 4 is 84.6 Å². The number of anilines is 3. The van der Waals surface area contributed by atoms with E-state index in [4.69, 9.17) is 37.6 Å². The Morgan fingerprint density at radius 1 is 0.750 bits per heavy atom. The molecule has 22 nitrogen and oxygen atoms in total. The van der Waals surface area contributed by atoms with Gasteiger partial charge < -0.3 is 63.3 Å². The summed E-state index contributed by atoms with van der Waals surface area (Å²) in [6.07, 6.45) is 9.14. The van der Waals surface area contributed by atoms with Crippen LogP contribution in [0.4, 0.5) is 31.4 Å². The van der Waals surface area contributed by atoms with Crippen LogP contribution < -0.4 is 44.7 Å². The zero-order valence-electron chi connectivity index (χ0n) is 56.8.